The van der Waals surface area contributed by atoms with Crippen LogP contribution in [0, 0.1) is 0 Å². The Hall–Kier alpha value is -2.84. The molecule has 1 amide bonds. The topological polar surface area (TPSA) is 102 Å². The number of nitrogens with one attached hydrogen (secondary N) is 2. The van der Waals surface area contributed by atoms with E-state index < -0.39 is 6.10 Å². The van der Waals surface area contributed by atoms with Gasteiger partial charge in [0, 0.05) is 29.1 Å². The monoisotopic (exact) mass is 508 g/mol. The number of aliphatic hydroxyl groups is 2. The molecule has 0 saturated heterocycles. The average molecular weight is 509 g/mol. The van der Waals surface area contributed by atoms with Crippen LogP contribution in [0.25, 0.3) is 0 Å². The third-order valence-electron chi connectivity index (χ3n) is 6.10. The maximum atomic E-state index is 12.6. The van der Waals surface area contributed by atoms with Crippen LogP contribution in [-0.4, -0.2) is 39.6 Å². The zero-order valence-corrected chi connectivity index (χ0v) is 21.9. The molecule has 3 aromatic carbocycles. The minimum absolute atomic E-state index is 0.0140. The molecule has 0 saturated carbocycles. The Balaban J connectivity index is 1.54. The molecule has 0 radical (unpaired) electrons. The minimum Gasteiger partial charge on any atom is -0.508 e. The Bertz CT molecular complexity index is 1170. The molecule has 192 valence electrons. The predicted octanol–water partition coefficient (Wildman–Crippen LogP) is 4.11. The maximum Gasteiger partial charge on any atom is 0.224 e. The third-order valence-corrected chi connectivity index (χ3v) is 6.94. The van der Waals surface area contributed by atoms with Crippen LogP contribution in [0.1, 0.15) is 47.8 Å². The summed E-state index contributed by atoms with van der Waals surface area (Å²) in [7, 11) is 0. The van der Waals surface area contributed by atoms with Gasteiger partial charge in [-0.2, -0.15) is 0 Å². The molecule has 5 N–H and O–H groups in total. The van der Waals surface area contributed by atoms with Crippen LogP contribution in [0.4, 0.5) is 0 Å². The first-order valence-corrected chi connectivity index (χ1v) is 13.3. The molecule has 0 heterocycles. The Kier molecular flexibility index (Phi) is 9.96. The van der Waals surface area contributed by atoms with Gasteiger partial charge in [0.05, 0.1) is 19.1 Å². The molecule has 1 atom stereocenters. The number of aromatic hydroxyl groups is 1. The molecule has 0 aliphatic heterocycles. The molecule has 3 aromatic rings. The summed E-state index contributed by atoms with van der Waals surface area (Å²) in [4.78, 5) is 13.7. The van der Waals surface area contributed by atoms with Gasteiger partial charge in [0.25, 0.3) is 0 Å². The lowest BCUT2D eigenvalue weighted by molar-refractivity contribution is -0.120. The maximum absolute atomic E-state index is 12.6. The number of amides is 1. The van der Waals surface area contributed by atoms with E-state index >= 15 is 0 Å². The van der Waals surface area contributed by atoms with Crippen LogP contribution in [0.2, 0.25) is 0 Å². The minimum atomic E-state index is -0.776. The standard InChI is InChI=1S/C29H36N2O4S/c1-29(2,31-18-26(34)22-11-12-25(33)24(15-22)19-32)16-21-8-6-7-20(13-21)14-28(35)30-17-23-9-4-5-10-27(23)36-3/h4-13,15,26,31-34H,14,16-19H2,1-3H3,(H,30,35)/t26-/m0/s1. The zero-order valence-electron chi connectivity index (χ0n) is 21.1. The molecule has 0 aliphatic rings. The largest absolute Gasteiger partial charge is 0.508 e. The van der Waals surface area contributed by atoms with Crippen LogP contribution in [0.3, 0.4) is 0 Å². The smallest absolute Gasteiger partial charge is 0.224 e. The number of benzene rings is 3. The number of carbonyl (C=O) groups excluding carboxylic acids is 1. The van der Waals surface area contributed by atoms with Crippen molar-refractivity contribution in [1.29, 1.82) is 0 Å². The van der Waals surface area contributed by atoms with Crippen LogP contribution in [0.5, 0.6) is 5.75 Å². The fourth-order valence-electron chi connectivity index (χ4n) is 4.14. The quantitative estimate of drug-likeness (QED) is 0.236. The van der Waals surface area contributed by atoms with E-state index in [-0.39, 0.29) is 23.8 Å². The van der Waals surface area contributed by atoms with Crippen molar-refractivity contribution < 1.29 is 20.1 Å². The van der Waals surface area contributed by atoms with Crippen molar-refractivity contribution in [2.24, 2.45) is 0 Å². The second-order valence-electron chi connectivity index (χ2n) is 9.59. The lowest BCUT2D eigenvalue weighted by atomic mass is 9.93. The summed E-state index contributed by atoms with van der Waals surface area (Å²) >= 11 is 1.67. The van der Waals surface area contributed by atoms with Gasteiger partial charge in [-0.15, -0.1) is 11.8 Å². The zero-order chi connectivity index (χ0) is 26.1. The number of aliphatic hydroxyl groups excluding tert-OH is 2. The lowest BCUT2D eigenvalue weighted by Crippen LogP contribution is -2.43. The van der Waals surface area contributed by atoms with Gasteiger partial charge in [0.15, 0.2) is 0 Å². The van der Waals surface area contributed by atoms with Gasteiger partial charge < -0.3 is 26.0 Å². The molecular formula is C29H36N2O4S. The van der Waals surface area contributed by atoms with Crippen LogP contribution >= 0.6 is 11.8 Å². The third kappa shape index (κ3) is 8.10. The van der Waals surface area contributed by atoms with Gasteiger partial charge in [0.2, 0.25) is 5.91 Å². The predicted molar refractivity (Wildman–Crippen MR) is 145 cm³/mol. The van der Waals surface area contributed by atoms with E-state index in [1.807, 2.05) is 42.7 Å². The summed E-state index contributed by atoms with van der Waals surface area (Å²) in [5.41, 5.74) is 3.89. The van der Waals surface area contributed by atoms with Gasteiger partial charge in [-0.25, -0.2) is 0 Å². The second kappa shape index (κ2) is 12.9. The number of hydrogen-bond donors (Lipinski definition) is 5. The van der Waals surface area contributed by atoms with Crippen molar-refractivity contribution in [3.8, 4) is 5.75 Å². The average Bonchev–Trinajstić information content (AvgIpc) is 2.86. The SMILES string of the molecule is CSc1ccccc1CNC(=O)Cc1cccc(CC(C)(C)NC[C@H](O)c2ccc(O)c(CO)c2)c1. The molecule has 0 aliphatic carbocycles. The number of thioether (sulfide) groups is 1. The molecular weight excluding hydrogens is 472 g/mol. The number of phenols is 1. The van der Waals surface area contributed by atoms with Gasteiger partial charge in [-0.05, 0) is 67.0 Å². The molecule has 36 heavy (non-hydrogen) atoms. The van der Waals surface area contributed by atoms with Gasteiger partial charge in [-0.1, -0.05) is 48.5 Å². The number of β-amino-alcohol motifs (C(OH)–C–C–N with tert-alkyl or cyclic N) is 1. The van der Waals surface area contributed by atoms with E-state index in [9.17, 15) is 20.1 Å². The van der Waals surface area contributed by atoms with Crippen molar-refractivity contribution in [3.05, 3.63) is 94.5 Å². The summed E-state index contributed by atoms with van der Waals surface area (Å²) in [6.07, 6.45) is 2.29. The highest BCUT2D eigenvalue weighted by Crippen LogP contribution is 2.23. The van der Waals surface area contributed by atoms with Crippen LogP contribution in [-0.2, 0) is 30.8 Å². The van der Waals surface area contributed by atoms with Crippen molar-refractivity contribution in [3.63, 3.8) is 0 Å². The lowest BCUT2D eigenvalue weighted by Gasteiger charge is -2.28. The number of rotatable bonds is 12. The van der Waals surface area contributed by atoms with Gasteiger partial charge in [-0.3, -0.25) is 4.79 Å². The molecule has 3 rings (SSSR count). The Morgan fingerprint density at radius 2 is 1.75 bits per heavy atom. The first-order valence-electron chi connectivity index (χ1n) is 12.0. The van der Waals surface area contributed by atoms with E-state index in [4.69, 9.17) is 0 Å². The first kappa shape index (κ1) is 27.7. The fraction of sp³-hybridized carbons (Fsp3) is 0.345. The summed E-state index contributed by atoms with van der Waals surface area (Å²) in [6, 6.07) is 20.9. The molecule has 0 unspecified atom stereocenters. The molecule has 0 spiro atoms. The van der Waals surface area contributed by atoms with Crippen molar-refractivity contribution in [2.75, 3.05) is 12.8 Å². The van der Waals surface area contributed by atoms with E-state index in [1.165, 1.54) is 11.0 Å². The molecule has 7 heteroatoms. The summed E-state index contributed by atoms with van der Waals surface area (Å²) in [5, 5.41) is 36.1. The fourth-order valence-corrected chi connectivity index (χ4v) is 4.76. The highest BCUT2D eigenvalue weighted by molar-refractivity contribution is 7.98. The normalized spacial score (nSPS) is 12.4. The Labute approximate surface area is 217 Å². The van der Waals surface area contributed by atoms with E-state index in [2.05, 4.69) is 36.6 Å². The Morgan fingerprint density at radius 3 is 2.50 bits per heavy atom. The van der Waals surface area contributed by atoms with Crippen molar-refractivity contribution in [2.45, 2.75) is 56.4 Å². The second-order valence-corrected chi connectivity index (χ2v) is 10.4. The highest BCUT2D eigenvalue weighted by atomic mass is 32.2. The number of carbonyl (C=O) groups is 1. The van der Waals surface area contributed by atoms with E-state index in [0.29, 0.717) is 37.1 Å². The van der Waals surface area contributed by atoms with Crippen LogP contribution in [0.15, 0.2) is 71.6 Å². The molecule has 0 bridgehead atoms. The van der Waals surface area contributed by atoms with Crippen molar-refractivity contribution in [1.82, 2.24) is 10.6 Å². The molecule has 6 nitrogen and oxygen atoms in total. The van der Waals surface area contributed by atoms with Gasteiger partial charge >= 0.3 is 0 Å². The summed E-state index contributed by atoms with van der Waals surface area (Å²) in [5.74, 6) is -0.000194. The molecule has 0 aromatic heterocycles. The summed E-state index contributed by atoms with van der Waals surface area (Å²) < 4.78 is 0. The van der Waals surface area contributed by atoms with Crippen molar-refractivity contribution >= 4 is 17.7 Å². The van der Waals surface area contributed by atoms with E-state index in [1.54, 1.807) is 23.9 Å². The highest BCUT2D eigenvalue weighted by Gasteiger charge is 2.20. The number of hydrogen-bond acceptors (Lipinski definition) is 6. The van der Waals surface area contributed by atoms with Gasteiger partial charge in [0.1, 0.15) is 5.75 Å². The summed E-state index contributed by atoms with van der Waals surface area (Å²) in [6.45, 7) is 4.68. The Morgan fingerprint density at radius 1 is 1.00 bits per heavy atom. The molecule has 0 fully saturated rings. The van der Waals surface area contributed by atoms with E-state index in [0.717, 1.165) is 16.7 Å². The van der Waals surface area contributed by atoms with Crippen LogP contribution < -0.4 is 10.6 Å². The first-order chi connectivity index (χ1) is 17.2.